The summed E-state index contributed by atoms with van der Waals surface area (Å²) in [5, 5.41) is 8.89. The Morgan fingerprint density at radius 2 is 1.90 bits per heavy atom. The zero-order valence-electron chi connectivity index (χ0n) is 10.2. The second-order valence-corrected chi connectivity index (χ2v) is 5.17. The molecule has 0 aliphatic heterocycles. The van der Waals surface area contributed by atoms with Crippen LogP contribution in [0.2, 0.25) is 5.15 Å². The summed E-state index contributed by atoms with van der Waals surface area (Å²) in [6.45, 7) is 0. The van der Waals surface area contributed by atoms with Crippen molar-refractivity contribution in [2.75, 3.05) is 0 Å². The molecular formula is C13H9ClN4OS. The number of aromatic nitrogens is 4. The molecule has 0 radical (unpaired) electrons. The first-order chi connectivity index (χ1) is 9.81. The molecule has 0 spiro atoms. The molecule has 3 rings (SSSR count). The van der Waals surface area contributed by atoms with E-state index in [9.17, 15) is 0 Å². The monoisotopic (exact) mass is 304 g/mol. The maximum Gasteiger partial charge on any atom is 0.277 e. The summed E-state index contributed by atoms with van der Waals surface area (Å²) in [7, 11) is 0. The van der Waals surface area contributed by atoms with Crippen molar-refractivity contribution in [2.45, 2.75) is 11.0 Å². The van der Waals surface area contributed by atoms with E-state index in [0.717, 1.165) is 11.3 Å². The summed E-state index contributed by atoms with van der Waals surface area (Å²) < 4.78 is 5.58. The average Bonchev–Trinajstić information content (AvgIpc) is 2.97. The predicted molar refractivity (Wildman–Crippen MR) is 76.3 cm³/mol. The summed E-state index contributed by atoms with van der Waals surface area (Å²) in [6, 6.07) is 9.64. The van der Waals surface area contributed by atoms with Gasteiger partial charge in [-0.1, -0.05) is 41.6 Å². The molecule has 0 amide bonds. The van der Waals surface area contributed by atoms with Crippen molar-refractivity contribution in [3.05, 3.63) is 53.6 Å². The quantitative estimate of drug-likeness (QED) is 0.688. The Hall–Kier alpha value is -1.92. The molecule has 0 atom stereocenters. The predicted octanol–water partition coefficient (Wildman–Crippen LogP) is 3.47. The van der Waals surface area contributed by atoms with Crippen LogP contribution in [0, 0.1) is 0 Å². The molecule has 0 aliphatic rings. The summed E-state index contributed by atoms with van der Waals surface area (Å²) in [4.78, 5) is 8.12. The van der Waals surface area contributed by atoms with Crippen molar-refractivity contribution in [1.82, 2.24) is 20.2 Å². The van der Waals surface area contributed by atoms with Crippen LogP contribution in [0.1, 0.15) is 5.69 Å². The van der Waals surface area contributed by atoms with Gasteiger partial charge in [0.25, 0.3) is 5.22 Å². The van der Waals surface area contributed by atoms with Gasteiger partial charge in [-0.3, -0.25) is 4.98 Å². The Labute approximate surface area is 124 Å². The van der Waals surface area contributed by atoms with Gasteiger partial charge in [0, 0.05) is 11.3 Å². The van der Waals surface area contributed by atoms with Crippen LogP contribution in [-0.4, -0.2) is 20.2 Å². The molecule has 7 heteroatoms. The van der Waals surface area contributed by atoms with Crippen LogP contribution < -0.4 is 0 Å². The van der Waals surface area contributed by atoms with E-state index in [1.807, 2.05) is 30.3 Å². The lowest BCUT2D eigenvalue weighted by atomic mass is 10.2. The number of hydrogen-bond donors (Lipinski definition) is 0. The minimum Gasteiger partial charge on any atom is -0.411 e. The van der Waals surface area contributed by atoms with Crippen molar-refractivity contribution in [3.8, 4) is 11.5 Å². The van der Waals surface area contributed by atoms with Crippen molar-refractivity contribution < 1.29 is 4.42 Å². The van der Waals surface area contributed by atoms with Gasteiger partial charge in [-0.05, 0) is 12.1 Å². The second-order valence-electron chi connectivity index (χ2n) is 3.86. The lowest BCUT2D eigenvalue weighted by molar-refractivity contribution is 0.466. The Morgan fingerprint density at radius 3 is 2.65 bits per heavy atom. The number of hydrogen-bond acceptors (Lipinski definition) is 6. The third-order valence-corrected chi connectivity index (χ3v) is 3.49. The number of halogens is 1. The number of benzene rings is 1. The van der Waals surface area contributed by atoms with Gasteiger partial charge < -0.3 is 4.42 Å². The Morgan fingerprint density at radius 1 is 1.05 bits per heavy atom. The molecule has 3 aromatic rings. The fourth-order valence-corrected chi connectivity index (χ4v) is 2.27. The van der Waals surface area contributed by atoms with E-state index in [-0.39, 0.29) is 0 Å². The third-order valence-electron chi connectivity index (χ3n) is 2.44. The Kier molecular flexibility index (Phi) is 3.94. The first kappa shape index (κ1) is 13.1. The molecule has 0 bridgehead atoms. The van der Waals surface area contributed by atoms with Gasteiger partial charge in [-0.15, -0.1) is 10.2 Å². The molecular weight excluding hydrogens is 296 g/mol. The van der Waals surface area contributed by atoms with E-state index in [4.69, 9.17) is 16.0 Å². The molecule has 0 saturated heterocycles. The van der Waals surface area contributed by atoms with Gasteiger partial charge in [0.05, 0.1) is 18.1 Å². The van der Waals surface area contributed by atoms with Crippen molar-refractivity contribution in [2.24, 2.45) is 0 Å². The van der Waals surface area contributed by atoms with Gasteiger partial charge in [-0.2, -0.15) is 0 Å². The molecule has 100 valence electrons. The molecule has 0 saturated carbocycles. The fourth-order valence-electron chi connectivity index (χ4n) is 1.51. The van der Waals surface area contributed by atoms with Gasteiger partial charge >= 0.3 is 0 Å². The van der Waals surface area contributed by atoms with Crippen molar-refractivity contribution >= 4 is 23.4 Å². The maximum atomic E-state index is 5.68. The zero-order chi connectivity index (χ0) is 13.8. The SMILES string of the molecule is Clc1cnc(CSc2nnc(-c3ccccc3)o2)cn1. The molecule has 2 aromatic heterocycles. The highest BCUT2D eigenvalue weighted by molar-refractivity contribution is 7.98. The summed E-state index contributed by atoms with van der Waals surface area (Å²) in [6.07, 6.45) is 3.14. The van der Waals surface area contributed by atoms with E-state index in [1.165, 1.54) is 18.0 Å². The lowest BCUT2D eigenvalue weighted by Gasteiger charge is -1.96. The van der Waals surface area contributed by atoms with Gasteiger partial charge in [0.15, 0.2) is 0 Å². The molecule has 0 fully saturated rings. The van der Waals surface area contributed by atoms with Gasteiger partial charge in [-0.25, -0.2) is 4.98 Å². The Balaban J connectivity index is 1.67. The van der Waals surface area contributed by atoms with E-state index < -0.39 is 0 Å². The smallest absolute Gasteiger partial charge is 0.277 e. The van der Waals surface area contributed by atoms with Crippen LogP contribution in [0.3, 0.4) is 0 Å². The first-order valence-corrected chi connectivity index (χ1v) is 7.16. The molecule has 20 heavy (non-hydrogen) atoms. The standard InChI is InChI=1S/C13H9ClN4OS/c14-11-7-15-10(6-16-11)8-20-13-18-17-12(19-13)9-4-2-1-3-5-9/h1-7H,8H2. The largest absolute Gasteiger partial charge is 0.411 e. The highest BCUT2D eigenvalue weighted by Gasteiger charge is 2.09. The van der Waals surface area contributed by atoms with E-state index in [2.05, 4.69) is 20.2 Å². The summed E-state index contributed by atoms with van der Waals surface area (Å²) >= 11 is 7.09. The molecule has 0 aliphatic carbocycles. The van der Waals surface area contributed by atoms with Crippen LogP contribution in [0.5, 0.6) is 0 Å². The van der Waals surface area contributed by atoms with Crippen LogP contribution in [0.4, 0.5) is 0 Å². The highest BCUT2D eigenvalue weighted by atomic mass is 35.5. The summed E-state index contributed by atoms with van der Waals surface area (Å²) in [5.41, 5.74) is 1.71. The molecule has 0 unspecified atom stereocenters. The van der Waals surface area contributed by atoms with Gasteiger partial charge in [0.1, 0.15) is 5.15 Å². The van der Waals surface area contributed by atoms with Crippen LogP contribution in [-0.2, 0) is 5.75 Å². The lowest BCUT2D eigenvalue weighted by Crippen LogP contribution is -1.88. The fraction of sp³-hybridized carbons (Fsp3) is 0.0769. The minimum atomic E-state index is 0.378. The third kappa shape index (κ3) is 3.15. The molecule has 0 N–H and O–H groups in total. The van der Waals surface area contributed by atoms with Crippen LogP contribution in [0.25, 0.3) is 11.5 Å². The van der Waals surface area contributed by atoms with E-state index >= 15 is 0 Å². The van der Waals surface area contributed by atoms with E-state index in [0.29, 0.717) is 22.0 Å². The van der Waals surface area contributed by atoms with E-state index in [1.54, 1.807) is 6.20 Å². The zero-order valence-corrected chi connectivity index (χ0v) is 11.8. The number of thioether (sulfide) groups is 1. The topological polar surface area (TPSA) is 64.7 Å². The minimum absolute atomic E-state index is 0.378. The average molecular weight is 305 g/mol. The number of nitrogens with zero attached hydrogens (tertiary/aromatic N) is 4. The first-order valence-electron chi connectivity index (χ1n) is 5.79. The normalized spacial score (nSPS) is 10.7. The van der Waals surface area contributed by atoms with Gasteiger partial charge in [0.2, 0.25) is 5.89 Å². The Bertz CT molecular complexity index is 687. The second kappa shape index (κ2) is 6.02. The van der Waals surface area contributed by atoms with Crippen LogP contribution in [0.15, 0.2) is 52.4 Å². The van der Waals surface area contributed by atoms with Crippen molar-refractivity contribution in [1.29, 1.82) is 0 Å². The highest BCUT2D eigenvalue weighted by Crippen LogP contribution is 2.24. The maximum absolute atomic E-state index is 5.68. The molecule has 2 heterocycles. The molecule has 1 aromatic carbocycles. The number of rotatable bonds is 4. The molecule has 5 nitrogen and oxygen atoms in total. The van der Waals surface area contributed by atoms with Crippen LogP contribution >= 0.6 is 23.4 Å². The summed E-state index contributed by atoms with van der Waals surface area (Å²) in [5.74, 6) is 1.11. The van der Waals surface area contributed by atoms with Crippen molar-refractivity contribution in [3.63, 3.8) is 0 Å².